The largest absolute Gasteiger partial charge is 0.474 e. The van der Waals surface area contributed by atoms with Gasteiger partial charge < -0.3 is 15.4 Å². The van der Waals surface area contributed by atoms with Crippen LogP contribution in [0.15, 0.2) is 48.1 Å². The Bertz CT molecular complexity index is 1160. The van der Waals surface area contributed by atoms with Gasteiger partial charge >= 0.3 is 6.18 Å². The van der Waals surface area contributed by atoms with E-state index in [0.717, 1.165) is 25.0 Å². The monoisotopic (exact) mass is 486 g/mol. The second kappa shape index (κ2) is 9.85. The Balaban J connectivity index is 1.53. The summed E-state index contributed by atoms with van der Waals surface area (Å²) >= 11 is 0. The maximum atomic E-state index is 13.7. The highest BCUT2D eigenvalue weighted by molar-refractivity contribution is 5.98. The molecule has 0 spiro atoms. The van der Waals surface area contributed by atoms with Gasteiger partial charge in [0.05, 0.1) is 11.7 Å². The molecule has 11 heteroatoms. The number of carbonyl (C=O) groups excluding carboxylic acids is 1. The van der Waals surface area contributed by atoms with Gasteiger partial charge in [-0.2, -0.15) is 13.2 Å². The van der Waals surface area contributed by atoms with Crippen LogP contribution in [-0.2, 0) is 6.18 Å². The molecule has 184 valence electrons. The maximum absolute atomic E-state index is 13.7. The maximum Gasteiger partial charge on any atom is 0.435 e. The van der Waals surface area contributed by atoms with Gasteiger partial charge in [-0.3, -0.25) is 9.79 Å². The van der Waals surface area contributed by atoms with Crippen LogP contribution in [-0.4, -0.2) is 51.4 Å². The molecule has 3 heterocycles. The summed E-state index contributed by atoms with van der Waals surface area (Å²) in [4.78, 5) is 24.1. The number of pyridine rings is 1. The van der Waals surface area contributed by atoms with Crippen molar-refractivity contribution in [3.05, 3.63) is 65.8 Å². The Hall–Kier alpha value is -3.76. The average molecular weight is 486 g/mol. The molecule has 1 aliphatic carbocycles. The predicted molar refractivity (Wildman–Crippen MR) is 123 cm³/mol. The van der Waals surface area contributed by atoms with Gasteiger partial charge in [0.1, 0.15) is 12.3 Å². The number of nitrogens with zero attached hydrogens (tertiary/aromatic N) is 5. The molecule has 1 aliphatic heterocycles. The van der Waals surface area contributed by atoms with Gasteiger partial charge in [-0.15, -0.1) is 10.2 Å². The molecule has 2 N–H and O–H groups in total. The number of hydrogen-bond acceptors (Lipinski definition) is 7. The van der Waals surface area contributed by atoms with E-state index in [-0.39, 0.29) is 30.1 Å². The van der Waals surface area contributed by atoms with Crippen molar-refractivity contribution >= 4 is 17.8 Å². The van der Waals surface area contributed by atoms with Crippen molar-refractivity contribution in [1.82, 2.24) is 20.1 Å². The molecule has 2 aliphatic rings. The van der Waals surface area contributed by atoms with Gasteiger partial charge in [-0.05, 0) is 62.1 Å². The lowest BCUT2D eigenvalue weighted by atomic mass is 10.0. The second-order valence-electron chi connectivity index (χ2n) is 8.63. The number of fused-ring (bicyclic) bond motifs is 1. The van der Waals surface area contributed by atoms with Crippen LogP contribution in [0, 0.1) is 18.8 Å². The third kappa shape index (κ3) is 5.67. The topological polar surface area (TPSA) is 107 Å². The van der Waals surface area contributed by atoms with Gasteiger partial charge in [0.25, 0.3) is 5.91 Å². The minimum atomic E-state index is -4.58. The van der Waals surface area contributed by atoms with Crippen LogP contribution in [0.1, 0.15) is 40.3 Å². The molecular weight excluding hydrogens is 461 g/mol. The number of amides is 1. The standard InChI is InChI=1S/C24H25F3N6O2/c1-14-4-5-19(15(2)29-9-3-8-28)22(30-14)23(34)33-12-17-10-16(17)11-18(33)13-35-21-7-6-20(31-32-21)24(25,26)27/h3-9,16-18H,2,10-13,28H2,1H3/b8-3-,29-9-/t16-,17?,18+/m1/s1. The van der Waals surface area contributed by atoms with Crippen molar-refractivity contribution in [1.29, 1.82) is 0 Å². The van der Waals surface area contributed by atoms with E-state index in [9.17, 15) is 18.0 Å². The van der Waals surface area contributed by atoms with Gasteiger partial charge in [0.15, 0.2) is 5.69 Å². The normalized spacial score (nSPS) is 21.8. The van der Waals surface area contributed by atoms with E-state index >= 15 is 0 Å². The Morgan fingerprint density at radius 2 is 2.06 bits per heavy atom. The minimum Gasteiger partial charge on any atom is -0.474 e. The van der Waals surface area contributed by atoms with Crippen LogP contribution in [0.4, 0.5) is 13.2 Å². The number of likely N-dealkylation sites (tertiary alicyclic amines) is 1. The lowest BCUT2D eigenvalue weighted by molar-refractivity contribution is -0.141. The van der Waals surface area contributed by atoms with Gasteiger partial charge in [-0.25, -0.2) is 4.98 Å². The molecule has 4 rings (SSSR count). The van der Waals surface area contributed by atoms with E-state index in [2.05, 4.69) is 26.8 Å². The first kappa shape index (κ1) is 24.4. The van der Waals surface area contributed by atoms with Crippen LogP contribution in [0.25, 0.3) is 5.70 Å². The molecule has 8 nitrogen and oxygen atoms in total. The number of alkyl halides is 3. The highest BCUT2D eigenvalue weighted by Crippen LogP contribution is 2.47. The fourth-order valence-electron chi connectivity index (χ4n) is 4.18. The summed E-state index contributed by atoms with van der Waals surface area (Å²) in [5.74, 6) is 0.615. The second-order valence-corrected chi connectivity index (χ2v) is 8.63. The molecule has 0 radical (unpaired) electrons. The molecule has 1 amide bonds. The molecule has 0 bridgehead atoms. The van der Waals surface area contributed by atoms with E-state index in [1.807, 2.05) is 0 Å². The number of rotatable bonds is 7. The van der Waals surface area contributed by atoms with Gasteiger partial charge in [0.2, 0.25) is 5.88 Å². The number of nitrogens with two attached hydrogens (primary N) is 1. The van der Waals surface area contributed by atoms with Gasteiger partial charge in [0, 0.05) is 30.1 Å². The molecule has 1 saturated carbocycles. The van der Waals surface area contributed by atoms with Crippen LogP contribution < -0.4 is 10.5 Å². The van der Waals surface area contributed by atoms with Crippen LogP contribution >= 0.6 is 0 Å². The highest BCUT2D eigenvalue weighted by atomic mass is 19.4. The van der Waals surface area contributed by atoms with Crippen molar-refractivity contribution in [3.63, 3.8) is 0 Å². The summed E-state index contributed by atoms with van der Waals surface area (Å²) in [6.45, 7) is 6.38. The van der Waals surface area contributed by atoms with Crippen molar-refractivity contribution in [2.75, 3.05) is 13.2 Å². The summed E-state index contributed by atoms with van der Waals surface area (Å²) in [5, 5.41) is 6.71. The Labute approximate surface area is 200 Å². The molecule has 1 saturated heterocycles. The summed E-state index contributed by atoms with van der Waals surface area (Å²) in [6, 6.07) is 5.19. The number of allylic oxidation sites excluding steroid dienone is 1. The Morgan fingerprint density at radius 1 is 1.26 bits per heavy atom. The number of piperidine rings is 1. The van der Waals surface area contributed by atoms with Crippen LogP contribution in [0.5, 0.6) is 5.88 Å². The zero-order valence-corrected chi connectivity index (χ0v) is 19.1. The Morgan fingerprint density at radius 3 is 2.74 bits per heavy atom. The van der Waals surface area contributed by atoms with Crippen molar-refractivity contribution in [2.24, 2.45) is 22.6 Å². The first-order valence-electron chi connectivity index (χ1n) is 11.1. The lowest BCUT2D eigenvalue weighted by Crippen LogP contribution is -2.48. The third-order valence-corrected chi connectivity index (χ3v) is 6.11. The zero-order chi connectivity index (χ0) is 25.2. The molecular formula is C24H25F3N6O2. The summed E-state index contributed by atoms with van der Waals surface area (Å²) in [7, 11) is 0. The van der Waals surface area contributed by atoms with E-state index in [1.165, 1.54) is 12.4 Å². The fraction of sp³-hybridized carbons (Fsp3) is 0.375. The van der Waals surface area contributed by atoms with Crippen molar-refractivity contribution in [2.45, 2.75) is 32.0 Å². The number of halogens is 3. The summed E-state index contributed by atoms with van der Waals surface area (Å²) in [5.41, 5.74) is 6.02. The van der Waals surface area contributed by atoms with E-state index in [1.54, 1.807) is 30.0 Å². The smallest absolute Gasteiger partial charge is 0.435 e. The number of carbonyl (C=O) groups is 1. The average Bonchev–Trinajstić information content (AvgIpc) is 3.60. The first-order chi connectivity index (χ1) is 16.7. The summed E-state index contributed by atoms with van der Waals surface area (Å²) in [6.07, 6.45) is 1.54. The third-order valence-electron chi connectivity index (χ3n) is 6.11. The molecule has 2 aromatic heterocycles. The molecule has 2 aromatic rings. The molecule has 3 atom stereocenters. The number of aryl methyl sites for hydroxylation is 1. The highest BCUT2D eigenvalue weighted by Gasteiger charge is 2.47. The molecule has 0 aromatic carbocycles. The number of ether oxygens (including phenoxy) is 1. The minimum absolute atomic E-state index is 0.0339. The molecule has 35 heavy (non-hydrogen) atoms. The van der Waals surface area contributed by atoms with Crippen molar-refractivity contribution in [3.8, 4) is 5.88 Å². The SMILES string of the molecule is C=C(/N=C\C=C/N)c1ccc(C)nc1C(=O)N1CC2C[C@@H]2C[C@H]1COc1ccc(C(F)(F)F)nn1. The molecule has 2 fully saturated rings. The van der Waals surface area contributed by atoms with Gasteiger partial charge in [-0.1, -0.05) is 6.58 Å². The number of hydrogen-bond donors (Lipinski definition) is 1. The quantitative estimate of drug-likeness (QED) is 0.599. The van der Waals surface area contributed by atoms with Crippen molar-refractivity contribution < 1.29 is 22.7 Å². The molecule has 1 unspecified atom stereocenters. The summed E-state index contributed by atoms with van der Waals surface area (Å²) < 4.78 is 43.8. The van der Waals surface area contributed by atoms with Crippen LogP contribution in [0.3, 0.4) is 0 Å². The number of aromatic nitrogens is 3. The van der Waals surface area contributed by atoms with Crippen LogP contribution in [0.2, 0.25) is 0 Å². The Kier molecular flexibility index (Phi) is 6.86. The van der Waals surface area contributed by atoms with E-state index in [4.69, 9.17) is 10.5 Å². The van der Waals surface area contributed by atoms with E-state index in [0.29, 0.717) is 35.3 Å². The lowest BCUT2D eigenvalue weighted by Gasteiger charge is -2.35. The fourth-order valence-corrected chi connectivity index (χ4v) is 4.18. The first-order valence-corrected chi connectivity index (χ1v) is 11.1. The zero-order valence-electron chi connectivity index (χ0n) is 19.1. The predicted octanol–water partition coefficient (Wildman–Crippen LogP) is 3.64. The van der Waals surface area contributed by atoms with E-state index < -0.39 is 11.9 Å². The number of aliphatic imine (C=N–C) groups is 1.